The van der Waals surface area contributed by atoms with Crippen LogP contribution in [-0.2, 0) is 19.1 Å². The number of carbonyl (C=O) groups is 2. The Labute approximate surface area is 102 Å². The quantitative estimate of drug-likeness (QED) is 0.671. The molecule has 0 aromatic heterocycles. The summed E-state index contributed by atoms with van der Waals surface area (Å²) in [5.74, 6) is -0.278. The van der Waals surface area contributed by atoms with Gasteiger partial charge >= 0.3 is 5.97 Å². The van der Waals surface area contributed by atoms with E-state index in [9.17, 15) is 9.59 Å². The van der Waals surface area contributed by atoms with Crippen molar-refractivity contribution in [3.8, 4) is 0 Å². The Bertz CT molecular complexity index is 280. The third-order valence-electron chi connectivity index (χ3n) is 3.18. The fraction of sp³-hybridized carbons (Fsp3) is 0.833. The SMILES string of the molecule is CCC1OCCC1C(=O)N(C)CCC(=O)OC. The van der Waals surface area contributed by atoms with Crippen LogP contribution in [0.2, 0.25) is 0 Å². The molecule has 1 aliphatic heterocycles. The summed E-state index contributed by atoms with van der Waals surface area (Å²) in [6.45, 7) is 3.07. The second-order valence-electron chi connectivity index (χ2n) is 4.30. The van der Waals surface area contributed by atoms with Gasteiger partial charge in [-0.2, -0.15) is 0 Å². The summed E-state index contributed by atoms with van der Waals surface area (Å²) in [6.07, 6.45) is 1.90. The van der Waals surface area contributed by atoms with Crippen molar-refractivity contribution in [2.75, 3.05) is 27.3 Å². The van der Waals surface area contributed by atoms with Gasteiger partial charge in [-0.3, -0.25) is 9.59 Å². The first-order chi connectivity index (χ1) is 8.10. The largest absolute Gasteiger partial charge is 0.469 e. The topological polar surface area (TPSA) is 55.8 Å². The zero-order valence-electron chi connectivity index (χ0n) is 10.8. The number of carbonyl (C=O) groups excluding carboxylic acids is 2. The van der Waals surface area contributed by atoms with Gasteiger partial charge in [0.25, 0.3) is 0 Å². The summed E-state index contributed by atoms with van der Waals surface area (Å²) in [5, 5.41) is 0. The van der Waals surface area contributed by atoms with Crippen LogP contribution in [0.25, 0.3) is 0 Å². The van der Waals surface area contributed by atoms with Crippen LogP contribution in [0.15, 0.2) is 0 Å². The molecule has 1 heterocycles. The molecular weight excluding hydrogens is 222 g/mol. The molecule has 2 unspecified atom stereocenters. The van der Waals surface area contributed by atoms with Crippen LogP contribution in [-0.4, -0.2) is 50.2 Å². The lowest BCUT2D eigenvalue weighted by atomic mass is 9.98. The Morgan fingerprint density at radius 1 is 1.47 bits per heavy atom. The summed E-state index contributed by atoms with van der Waals surface area (Å²) in [7, 11) is 3.07. The lowest BCUT2D eigenvalue weighted by Gasteiger charge is -2.23. The van der Waals surface area contributed by atoms with E-state index in [0.29, 0.717) is 13.2 Å². The maximum Gasteiger partial charge on any atom is 0.307 e. The van der Waals surface area contributed by atoms with E-state index in [2.05, 4.69) is 4.74 Å². The Morgan fingerprint density at radius 2 is 2.18 bits per heavy atom. The van der Waals surface area contributed by atoms with Gasteiger partial charge in [0, 0.05) is 20.2 Å². The molecule has 1 aliphatic rings. The number of ether oxygens (including phenoxy) is 2. The lowest BCUT2D eigenvalue weighted by molar-refractivity contribution is -0.142. The monoisotopic (exact) mass is 243 g/mol. The van der Waals surface area contributed by atoms with Crippen molar-refractivity contribution >= 4 is 11.9 Å². The second-order valence-corrected chi connectivity index (χ2v) is 4.30. The van der Waals surface area contributed by atoms with Crippen LogP contribution < -0.4 is 0 Å². The average molecular weight is 243 g/mol. The predicted molar refractivity (Wildman–Crippen MR) is 62.4 cm³/mol. The summed E-state index contributed by atoms with van der Waals surface area (Å²) in [6, 6.07) is 0. The zero-order chi connectivity index (χ0) is 12.8. The van der Waals surface area contributed by atoms with E-state index in [4.69, 9.17) is 4.74 Å². The third kappa shape index (κ3) is 3.70. The van der Waals surface area contributed by atoms with Crippen LogP contribution in [0.5, 0.6) is 0 Å². The Kier molecular flexibility index (Phi) is 5.41. The standard InChI is InChI=1S/C12H21NO4/c1-4-10-9(6-8-17-10)12(15)13(2)7-5-11(14)16-3/h9-10H,4-8H2,1-3H3. The molecule has 1 fully saturated rings. The van der Waals surface area contributed by atoms with Crippen LogP contribution in [0.4, 0.5) is 0 Å². The molecule has 0 aromatic carbocycles. The van der Waals surface area contributed by atoms with Gasteiger partial charge in [-0.05, 0) is 12.8 Å². The van der Waals surface area contributed by atoms with Crippen molar-refractivity contribution in [1.82, 2.24) is 4.90 Å². The van der Waals surface area contributed by atoms with Crippen molar-refractivity contribution in [2.24, 2.45) is 5.92 Å². The van der Waals surface area contributed by atoms with Crippen LogP contribution in [0.3, 0.4) is 0 Å². The number of nitrogens with zero attached hydrogens (tertiary/aromatic N) is 1. The van der Waals surface area contributed by atoms with Crippen molar-refractivity contribution in [3.05, 3.63) is 0 Å². The van der Waals surface area contributed by atoms with E-state index in [0.717, 1.165) is 12.8 Å². The lowest BCUT2D eigenvalue weighted by Crippen LogP contribution is -2.37. The second kappa shape index (κ2) is 6.59. The minimum Gasteiger partial charge on any atom is -0.469 e. The van der Waals surface area contributed by atoms with Gasteiger partial charge in [-0.15, -0.1) is 0 Å². The van der Waals surface area contributed by atoms with Gasteiger partial charge in [-0.1, -0.05) is 6.92 Å². The van der Waals surface area contributed by atoms with E-state index in [1.165, 1.54) is 7.11 Å². The van der Waals surface area contributed by atoms with Crippen LogP contribution >= 0.6 is 0 Å². The van der Waals surface area contributed by atoms with E-state index in [1.54, 1.807) is 11.9 Å². The van der Waals surface area contributed by atoms with E-state index in [-0.39, 0.29) is 30.3 Å². The molecule has 2 atom stereocenters. The number of methoxy groups -OCH3 is 1. The fourth-order valence-electron chi connectivity index (χ4n) is 2.09. The average Bonchev–Trinajstić information content (AvgIpc) is 2.82. The molecule has 0 bridgehead atoms. The van der Waals surface area contributed by atoms with E-state index in [1.807, 2.05) is 6.92 Å². The molecule has 1 amide bonds. The Morgan fingerprint density at radius 3 is 2.76 bits per heavy atom. The molecule has 17 heavy (non-hydrogen) atoms. The molecule has 1 rings (SSSR count). The summed E-state index contributed by atoms with van der Waals surface area (Å²) in [4.78, 5) is 24.7. The zero-order valence-corrected chi connectivity index (χ0v) is 10.8. The van der Waals surface area contributed by atoms with Gasteiger partial charge in [0.15, 0.2) is 0 Å². The molecule has 0 spiro atoms. The predicted octanol–water partition coefficient (Wildman–Crippen LogP) is 0.823. The van der Waals surface area contributed by atoms with E-state index < -0.39 is 0 Å². The van der Waals surface area contributed by atoms with Gasteiger partial charge in [0.2, 0.25) is 5.91 Å². The minimum atomic E-state index is -0.292. The number of amides is 1. The first-order valence-electron chi connectivity index (χ1n) is 6.03. The number of esters is 1. The minimum absolute atomic E-state index is 0.0306. The summed E-state index contributed by atoms with van der Waals surface area (Å²) < 4.78 is 10.0. The molecular formula is C12H21NO4. The maximum atomic E-state index is 12.1. The maximum absolute atomic E-state index is 12.1. The molecule has 0 saturated carbocycles. The van der Waals surface area contributed by atoms with Crippen LogP contribution in [0.1, 0.15) is 26.2 Å². The highest BCUT2D eigenvalue weighted by molar-refractivity contribution is 5.80. The van der Waals surface area contributed by atoms with Crippen molar-refractivity contribution in [3.63, 3.8) is 0 Å². The Hall–Kier alpha value is -1.10. The molecule has 0 aromatic rings. The highest BCUT2D eigenvalue weighted by Gasteiger charge is 2.34. The Balaban J connectivity index is 2.43. The van der Waals surface area contributed by atoms with Crippen LogP contribution in [0, 0.1) is 5.92 Å². The normalized spacial score (nSPS) is 23.5. The molecule has 0 aliphatic carbocycles. The highest BCUT2D eigenvalue weighted by Crippen LogP contribution is 2.25. The van der Waals surface area contributed by atoms with Gasteiger partial charge in [0.05, 0.1) is 25.6 Å². The van der Waals surface area contributed by atoms with Crippen molar-refractivity contribution in [1.29, 1.82) is 0 Å². The smallest absolute Gasteiger partial charge is 0.307 e. The van der Waals surface area contributed by atoms with Gasteiger partial charge in [-0.25, -0.2) is 0 Å². The first kappa shape index (κ1) is 14.0. The molecule has 1 saturated heterocycles. The first-order valence-corrected chi connectivity index (χ1v) is 6.03. The van der Waals surface area contributed by atoms with Gasteiger partial charge < -0.3 is 14.4 Å². The van der Waals surface area contributed by atoms with Crippen molar-refractivity contribution < 1.29 is 19.1 Å². The van der Waals surface area contributed by atoms with E-state index >= 15 is 0 Å². The molecule has 0 N–H and O–H groups in total. The molecule has 0 radical (unpaired) electrons. The number of rotatable bonds is 5. The van der Waals surface area contributed by atoms with Gasteiger partial charge in [0.1, 0.15) is 0 Å². The number of hydrogen-bond acceptors (Lipinski definition) is 4. The van der Waals surface area contributed by atoms with Crippen molar-refractivity contribution in [2.45, 2.75) is 32.3 Å². The molecule has 98 valence electrons. The number of hydrogen-bond donors (Lipinski definition) is 0. The summed E-state index contributed by atoms with van der Waals surface area (Å²) in [5.41, 5.74) is 0. The highest BCUT2D eigenvalue weighted by atomic mass is 16.5. The summed E-state index contributed by atoms with van der Waals surface area (Å²) >= 11 is 0. The fourth-order valence-corrected chi connectivity index (χ4v) is 2.09. The molecule has 5 nitrogen and oxygen atoms in total. The third-order valence-corrected chi connectivity index (χ3v) is 3.18. The molecule has 5 heteroatoms.